The lowest BCUT2D eigenvalue weighted by Gasteiger charge is -2.19. The first kappa shape index (κ1) is 13.6. The highest BCUT2D eigenvalue weighted by Gasteiger charge is 2.25. The first-order valence-corrected chi connectivity index (χ1v) is 7.48. The number of aryl methyl sites for hydroxylation is 1. The van der Waals surface area contributed by atoms with E-state index in [1.54, 1.807) is 0 Å². The predicted octanol–water partition coefficient (Wildman–Crippen LogP) is 2.24. The number of carbonyl (C=O) groups excluding carboxylic acids is 1. The van der Waals surface area contributed by atoms with Crippen LogP contribution in [0.3, 0.4) is 0 Å². The lowest BCUT2D eigenvalue weighted by Crippen LogP contribution is -2.46. The predicted molar refractivity (Wildman–Crippen MR) is 76.0 cm³/mol. The second kappa shape index (κ2) is 5.85. The van der Waals surface area contributed by atoms with E-state index in [1.807, 2.05) is 18.3 Å². The fourth-order valence-corrected chi connectivity index (χ4v) is 3.03. The molecule has 4 heteroatoms. The van der Waals surface area contributed by atoms with Gasteiger partial charge in [-0.05, 0) is 52.2 Å². The van der Waals surface area contributed by atoms with Crippen LogP contribution in [0, 0.1) is 6.92 Å². The molecule has 0 bridgehead atoms. The van der Waals surface area contributed by atoms with Crippen molar-refractivity contribution in [3.8, 4) is 0 Å². The highest BCUT2D eigenvalue weighted by molar-refractivity contribution is 7.11. The number of hydrogen-bond donors (Lipinski definition) is 2. The molecule has 1 aromatic rings. The summed E-state index contributed by atoms with van der Waals surface area (Å²) in [5.74, 6) is 0.131. The van der Waals surface area contributed by atoms with E-state index in [2.05, 4.69) is 36.6 Å². The first-order valence-electron chi connectivity index (χ1n) is 6.66. The molecule has 2 rings (SSSR count). The summed E-state index contributed by atoms with van der Waals surface area (Å²) in [4.78, 5) is 14.5. The topological polar surface area (TPSA) is 41.1 Å². The molecule has 0 aliphatic heterocycles. The molecule has 2 atom stereocenters. The molecule has 1 heterocycles. The third-order valence-electron chi connectivity index (χ3n) is 3.15. The van der Waals surface area contributed by atoms with Crippen LogP contribution < -0.4 is 10.6 Å². The Morgan fingerprint density at radius 2 is 2.17 bits per heavy atom. The first-order chi connectivity index (χ1) is 8.54. The Kier molecular flexibility index (Phi) is 4.40. The van der Waals surface area contributed by atoms with Crippen LogP contribution in [0.1, 0.15) is 36.4 Å². The van der Waals surface area contributed by atoms with E-state index >= 15 is 0 Å². The van der Waals surface area contributed by atoms with Crippen molar-refractivity contribution in [2.75, 3.05) is 0 Å². The number of hydrogen-bond acceptors (Lipinski definition) is 3. The van der Waals surface area contributed by atoms with Gasteiger partial charge in [-0.1, -0.05) is 0 Å². The van der Waals surface area contributed by atoms with E-state index in [-0.39, 0.29) is 11.9 Å². The zero-order chi connectivity index (χ0) is 13.1. The van der Waals surface area contributed by atoms with Gasteiger partial charge in [-0.15, -0.1) is 11.3 Å². The van der Waals surface area contributed by atoms with Crippen molar-refractivity contribution in [2.45, 2.75) is 58.2 Å². The van der Waals surface area contributed by atoms with E-state index in [9.17, 15) is 4.79 Å². The summed E-state index contributed by atoms with van der Waals surface area (Å²) in [5.41, 5.74) is 0. The van der Waals surface area contributed by atoms with Crippen molar-refractivity contribution in [2.24, 2.45) is 0 Å². The highest BCUT2D eigenvalue weighted by Crippen LogP contribution is 2.19. The van der Waals surface area contributed by atoms with Crippen LogP contribution in [0.15, 0.2) is 12.1 Å². The smallest absolute Gasteiger partial charge is 0.237 e. The van der Waals surface area contributed by atoms with E-state index in [4.69, 9.17) is 0 Å². The van der Waals surface area contributed by atoms with Crippen LogP contribution in [0.25, 0.3) is 0 Å². The zero-order valence-electron chi connectivity index (χ0n) is 11.3. The lowest BCUT2D eigenvalue weighted by atomic mass is 10.1. The quantitative estimate of drug-likeness (QED) is 0.829. The Bertz CT molecular complexity index is 412. The maximum atomic E-state index is 11.8. The summed E-state index contributed by atoms with van der Waals surface area (Å²) < 4.78 is 0. The minimum Gasteiger partial charge on any atom is -0.352 e. The molecule has 18 heavy (non-hydrogen) atoms. The second-order valence-electron chi connectivity index (χ2n) is 5.29. The zero-order valence-corrected chi connectivity index (χ0v) is 12.1. The molecule has 0 spiro atoms. The Labute approximate surface area is 113 Å². The molecule has 1 aliphatic rings. The van der Waals surface area contributed by atoms with Gasteiger partial charge in [0.15, 0.2) is 0 Å². The van der Waals surface area contributed by atoms with Crippen molar-refractivity contribution < 1.29 is 4.79 Å². The molecular formula is C14H22N2OS. The molecule has 0 aromatic carbocycles. The molecule has 1 aromatic heterocycles. The summed E-state index contributed by atoms with van der Waals surface area (Å²) in [6.45, 7) is 6.20. The van der Waals surface area contributed by atoms with Gasteiger partial charge in [0, 0.05) is 21.8 Å². The van der Waals surface area contributed by atoms with E-state index in [0.29, 0.717) is 12.1 Å². The number of thiophene rings is 1. The monoisotopic (exact) mass is 266 g/mol. The van der Waals surface area contributed by atoms with Gasteiger partial charge in [0.2, 0.25) is 5.91 Å². The molecular weight excluding hydrogens is 244 g/mol. The largest absolute Gasteiger partial charge is 0.352 e. The van der Waals surface area contributed by atoms with Crippen LogP contribution in [0.2, 0.25) is 0 Å². The van der Waals surface area contributed by atoms with Crippen LogP contribution in [-0.4, -0.2) is 24.0 Å². The molecule has 3 nitrogen and oxygen atoms in total. The number of amides is 1. The van der Waals surface area contributed by atoms with Crippen LogP contribution in [0.5, 0.6) is 0 Å². The summed E-state index contributed by atoms with van der Waals surface area (Å²) in [6, 6.07) is 4.98. The van der Waals surface area contributed by atoms with Crippen molar-refractivity contribution in [1.82, 2.24) is 10.6 Å². The van der Waals surface area contributed by atoms with Gasteiger partial charge in [0.1, 0.15) is 0 Å². The number of nitrogens with one attached hydrogen (secondary N) is 2. The molecule has 0 radical (unpaired) electrons. The Morgan fingerprint density at radius 3 is 2.72 bits per heavy atom. The summed E-state index contributed by atoms with van der Waals surface area (Å²) >= 11 is 1.83. The third-order valence-corrected chi connectivity index (χ3v) is 4.18. The van der Waals surface area contributed by atoms with Crippen molar-refractivity contribution >= 4 is 17.2 Å². The minimum atomic E-state index is -0.110. The third kappa shape index (κ3) is 4.10. The van der Waals surface area contributed by atoms with Crippen LogP contribution in [0.4, 0.5) is 0 Å². The van der Waals surface area contributed by atoms with Crippen molar-refractivity contribution in [1.29, 1.82) is 0 Å². The lowest BCUT2D eigenvalue weighted by molar-refractivity contribution is -0.123. The molecule has 0 saturated heterocycles. The highest BCUT2D eigenvalue weighted by atomic mass is 32.1. The molecule has 1 amide bonds. The molecule has 2 unspecified atom stereocenters. The van der Waals surface area contributed by atoms with Gasteiger partial charge >= 0.3 is 0 Å². The standard InChI is InChI=1S/C14H22N2OS/c1-9(8-13-7-4-10(2)18-13)15-11(3)14(17)16-12-5-6-12/h4,7,9,11-12,15H,5-6,8H2,1-3H3,(H,16,17). The van der Waals surface area contributed by atoms with Crippen LogP contribution in [-0.2, 0) is 11.2 Å². The normalized spacial score (nSPS) is 18.4. The van der Waals surface area contributed by atoms with Gasteiger partial charge < -0.3 is 10.6 Å². The van der Waals surface area contributed by atoms with Crippen molar-refractivity contribution in [3.63, 3.8) is 0 Å². The Morgan fingerprint density at radius 1 is 1.44 bits per heavy atom. The Hall–Kier alpha value is -0.870. The van der Waals surface area contributed by atoms with E-state index in [1.165, 1.54) is 9.75 Å². The Balaban J connectivity index is 1.75. The molecule has 1 aliphatic carbocycles. The average Bonchev–Trinajstić information content (AvgIpc) is 3.01. The molecule has 2 N–H and O–H groups in total. The number of rotatable bonds is 6. The van der Waals surface area contributed by atoms with Crippen LogP contribution >= 0.6 is 11.3 Å². The van der Waals surface area contributed by atoms with Gasteiger partial charge in [-0.25, -0.2) is 0 Å². The fourth-order valence-electron chi connectivity index (χ4n) is 2.01. The second-order valence-corrected chi connectivity index (χ2v) is 6.66. The maximum Gasteiger partial charge on any atom is 0.237 e. The molecule has 100 valence electrons. The molecule has 1 fully saturated rings. The van der Waals surface area contributed by atoms with Gasteiger partial charge in [-0.3, -0.25) is 4.79 Å². The number of carbonyl (C=O) groups is 1. The summed E-state index contributed by atoms with van der Waals surface area (Å²) in [7, 11) is 0. The van der Waals surface area contributed by atoms with E-state index < -0.39 is 0 Å². The van der Waals surface area contributed by atoms with E-state index in [0.717, 1.165) is 19.3 Å². The van der Waals surface area contributed by atoms with Gasteiger partial charge in [0.25, 0.3) is 0 Å². The average molecular weight is 266 g/mol. The minimum absolute atomic E-state index is 0.110. The van der Waals surface area contributed by atoms with Crippen molar-refractivity contribution in [3.05, 3.63) is 21.9 Å². The van der Waals surface area contributed by atoms with Gasteiger partial charge in [0.05, 0.1) is 6.04 Å². The maximum absolute atomic E-state index is 11.8. The summed E-state index contributed by atoms with van der Waals surface area (Å²) in [6.07, 6.45) is 3.27. The SMILES string of the molecule is Cc1ccc(CC(C)NC(C)C(=O)NC2CC2)s1. The van der Waals surface area contributed by atoms with Gasteiger partial charge in [-0.2, -0.15) is 0 Å². The molecule has 1 saturated carbocycles. The fraction of sp³-hybridized carbons (Fsp3) is 0.643. The summed E-state index contributed by atoms with van der Waals surface area (Å²) in [5, 5.41) is 6.39.